The van der Waals surface area contributed by atoms with E-state index >= 15 is 0 Å². The van der Waals surface area contributed by atoms with Crippen molar-refractivity contribution in [3.63, 3.8) is 0 Å². The number of nitrogens with one attached hydrogen (secondary N) is 1. The third-order valence-electron chi connectivity index (χ3n) is 6.34. The zero-order valence-corrected chi connectivity index (χ0v) is 25.9. The molecule has 0 aliphatic rings. The van der Waals surface area contributed by atoms with Gasteiger partial charge in [0.1, 0.15) is 0 Å². The maximum atomic E-state index is 13.5. The first-order valence-corrected chi connectivity index (χ1v) is 17.2. The third kappa shape index (κ3) is 8.95. The van der Waals surface area contributed by atoms with E-state index < -0.39 is 16.0 Å². The van der Waals surface area contributed by atoms with Crippen molar-refractivity contribution in [3.8, 4) is 11.5 Å². The van der Waals surface area contributed by atoms with Crippen LogP contribution in [-0.4, -0.2) is 31.7 Å². The van der Waals surface area contributed by atoms with E-state index in [0.29, 0.717) is 13.0 Å². The van der Waals surface area contributed by atoms with Gasteiger partial charge in [-0.05, 0) is 42.3 Å². The Morgan fingerprint density at radius 2 is 1.78 bits per heavy atom. The van der Waals surface area contributed by atoms with Crippen LogP contribution in [0.25, 0.3) is 10.2 Å². The lowest BCUT2D eigenvalue weighted by molar-refractivity contribution is -0.134. The number of para-hydroxylation sites is 1. The summed E-state index contributed by atoms with van der Waals surface area (Å²) < 4.78 is 42.7. The average molecular weight is 613 g/mol. The van der Waals surface area contributed by atoms with Gasteiger partial charge in [-0.3, -0.25) is 9.52 Å². The standard InChI is InChI=1S/C31H36N2O5S3/c1-3-5-6-7-11-21-39-31-32-25-18-17-24(22-28(25)40-31)41(35,36)33-26-15-12-16-27(30(26)38-29(34)4-2)37-20-19-23-13-9-8-10-14-23/h8-10,12-18,22,33H,3-7,11,19-21H2,1-2H3. The summed E-state index contributed by atoms with van der Waals surface area (Å²) in [5.41, 5.74) is 2.00. The van der Waals surface area contributed by atoms with Gasteiger partial charge in [-0.2, -0.15) is 0 Å². The summed E-state index contributed by atoms with van der Waals surface area (Å²) in [5.74, 6) is 0.843. The van der Waals surface area contributed by atoms with Gasteiger partial charge in [0, 0.05) is 18.6 Å². The van der Waals surface area contributed by atoms with Crippen LogP contribution >= 0.6 is 23.1 Å². The Labute approximate surface area is 250 Å². The van der Waals surface area contributed by atoms with E-state index in [0.717, 1.165) is 32.3 Å². The van der Waals surface area contributed by atoms with Crippen LogP contribution in [0.3, 0.4) is 0 Å². The fourth-order valence-electron chi connectivity index (χ4n) is 4.11. The zero-order chi connectivity index (χ0) is 29.1. The number of hydrogen-bond donors (Lipinski definition) is 1. The Hall–Kier alpha value is -3.08. The van der Waals surface area contributed by atoms with Gasteiger partial charge >= 0.3 is 5.97 Å². The van der Waals surface area contributed by atoms with Crippen molar-refractivity contribution in [1.29, 1.82) is 0 Å². The molecule has 0 aliphatic carbocycles. The molecule has 7 nitrogen and oxygen atoms in total. The molecule has 0 amide bonds. The Bertz CT molecular complexity index is 1540. The number of hydrogen-bond acceptors (Lipinski definition) is 8. The second kappa shape index (κ2) is 15.2. The van der Waals surface area contributed by atoms with Crippen molar-refractivity contribution < 1.29 is 22.7 Å². The first-order valence-electron chi connectivity index (χ1n) is 14.0. The number of aromatic nitrogens is 1. The highest BCUT2D eigenvalue weighted by Crippen LogP contribution is 2.38. The zero-order valence-electron chi connectivity index (χ0n) is 23.4. The van der Waals surface area contributed by atoms with Crippen LogP contribution in [0.15, 0.2) is 76.0 Å². The van der Waals surface area contributed by atoms with Gasteiger partial charge in [0.15, 0.2) is 15.8 Å². The Morgan fingerprint density at radius 3 is 2.56 bits per heavy atom. The number of anilines is 1. The molecule has 1 heterocycles. The first kappa shape index (κ1) is 30.9. The van der Waals surface area contributed by atoms with Crippen molar-refractivity contribution in [1.82, 2.24) is 4.98 Å². The minimum Gasteiger partial charge on any atom is -0.489 e. The lowest BCUT2D eigenvalue weighted by Gasteiger charge is -2.16. The minimum atomic E-state index is -4.00. The number of benzene rings is 3. The van der Waals surface area contributed by atoms with Gasteiger partial charge < -0.3 is 9.47 Å². The molecule has 0 spiro atoms. The van der Waals surface area contributed by atoms with Crippen LogP contribution in [0.4, 0.5) is 5.69 Å². The maximum absolute atomic E-state index is 13.5. The molecule has 0 atom stereocenters. The number of carbonyl (C=O) groups is 1. The van der Waals surface area contributed by atoms with Gasteiger partial charge in [-0.1, -0.05) is 87.7 Å². The first-order chi connectivity index (χ1) is 19.9. The van der Waals surface area contributed by atoms with Crippen molar-refractivity contribution in [2.24, 2.45) is 0 Å². The number of ether oxygens (including phenoxy) is 2. The second-order valence-electron chi connectivity index (χ2n) is 9.52. The van der Waals surface area contributed by atoms with Crippen LogP contribution in [0, 0.1) is 0 Å². The van der Waals surface area contributed by atoms with Crippen LogP contribution in [-0.2, 0) is 21.2 Å². The van der Waals surface area contributed by atoms with E-state index in [-0.39, 0.29) is 28.5 Å². The molecule has 10 heteroatoms. The average Bonchev–Trinajstić information content (AvgIpc) is 3.39. The van der Waals surface area contributed by atoms with Crippen LogP contribution in [0.5, 0.6) is 11.5 Å². The Morgan fingerprint density at radius 1 is 0.976 bits per heavy atom. The van der Waals surface area contributed by atoms with Crippen LogP contribution in [0.1, 0.15) is 57.9 Å². The number of rotatable bonds is 16. The lowest BCUT2D eigenvalue weighted by atomic mass is 10.2. The van der Waals surface area contributed by atoms with E-state index in [1.54, 1.807) is 55.1 Å². The molecule has 4 aromatic rings. The second-order valence-corrected chi connectivity index (χ2v) is 13.6. The van der Waals surface area contributed by atoms with Crippen molar-refractivity contribution in [2.45, 2.75) is 68.0 Å². The van der Waals surface area contributed by atoms with Crippen molar-refractivity contribution in [2.75, 3.05) is 17.1 Å². The highest BCUT2D eigenvalue weighted by atomic mass is 32.2. The fourth-order valence-corrected chi connectivity index (χ4v) is 7.45. The van der Waals surface area contributed by atoms with Gasteiger partial charge in [0.2, 0.25) is 0 Å². The number of unbranched alkanes of at least 4 members (excludes halogenated alkanes) is 4. The van der Waals surface area contributed by atoms with Crippen LogP contribution < -0.4 is 14.2 Å². The summed E-state index contributed by atoms with van der Waals surface area (Å²) in [6.07, 6.45) is 6.89. The monoisotopic (exact) mass is 612 g/mol. The summed E-state index contributed by atoms with van der Waals surface area (Å²) in [6, 6.07) is 19.7. The summed E-state index contributed by atoms with van der Waals surface area (Å²) in [6.45, 7) is 4.21. The Balaban J connectivity index is 1.49. The summed E-state index contributed by atoms with van der Waals surface area (Å²) >= 11 is 3.21. The van der Waals surface area contributed by atoms with Crippen molar-refractivity contribution in [3.05, 3.63) is 72.3 Å². The van der Waals surface area contributed by atoms with E-state index in [4.69, 9.17) is 9.47 Å². The molecule has 0 saturated carbocycles. The molecule has 0 saturated heterocycles. The molecule has 0 fully saturated rings. The SMILES string of the molecule is CCCCCCCSc1nc2ccc(S(=O)(=O)Nc3cccc(OCCc4ccccc4)c3OC(=O)CC)cc2s1. The van der Waals surface area contributed by atoms with Gasteiger partial charge in [0.25, 0.3) is 10.0 Å². The van der Waals surface area contributed by atoms with Crippen molar-refractivity contribution >= 4 is 55.0 Å². The smallest absolute Gasteiger partial charge is 0.311 e. The summed E-state index contributed by atoms with van der Waals surface area (Å²) in [4.78, 5) is 17.0. The molecule has 0 bridgehead atoms. The largest absolute Gasteiger partial charge is 0.489 e. The van der Waals surface area contributed by atoms with E-state index in [1.807, 2.05) is 30.3 Å². The minimum absolute atomic E-state index is 0.0486. The van der Waals surface area contributed by atoms with Crippen LogP contribution in [0.2, 0.25) is 0 Å². The number of fused-ring (bicyclic) bond motifs is 1. The molecule has 41 heavy (non-hydrogen) atoms. The molecule has 0 aliphatic heterocycles. The molecule has 0 radical (unpaired) electrons. The van der Waals surface area contributed by atoms with E-state index in [9.17, 15) is 13.2 Å². The van der Waals surface area contributed by atoms with E-state index in [1.165, 1.54) is 37.0 Å². The van der Waals surface area contributed by atoms with Gasteiger partial charge in [0.05, 0.1) is 27.4 Å². The number of esters is 1. The van der Waals surface area contributed by atoms with Gasteiger partial charge in [-0.25, -0.2) is 13.4 Å². The number of carbonyl (C=O) groups excluding carboxylic acids is 1. The molecular formula is C31H36N2O5S3. The molecule has 0 unspecified atom stereocenters. The molecule has 1 aromatic heterocycles. The lowest BCUT2D eigenvalue weighted by Crippen LogP contribution is -2.16. The maximum Gasteiger partial charge on any atom is 0.311 e. The topological polar surface area (TPSA) is 94.6 Å². The molecule has 1 N–H and O–H groups in total. The number of sulfonamides is 1. The highest BCUT2D eigenvalue weighted by molar-refractivity contribution is 8.01. The quantitative estimate of drug-likeness (QED) is 0.0591. The predicted octanol–water partition coefficient (Wildman–Crippen LogP) is 8.10. The normalized spacial score (nSPS) is 11.5. The Kier molecular flexibility index (Phi) is 11.5. The predicted molar refractivity (Wildman–Crippen MR) is 168 cm³/mol. The van der Waals surface area contributed by atoms with Gasteiger partial charge in [-0.15, -0.1) is 11.3 Å². The summed E-state index contributed by atoms with van der Waals surface area (Å²) in [7, 11) is -4.00. The number of thioether (sulfide) groups is 1. The fraction of sp³-hybridized carbons (Fsp3) is 0.355. The number of nitrogens with zero attached hydrogens (tertiary/aromatic N) is 1. The number of thiazole rings is 1. The highest BCUT2D eigenvalue weighted by Gasteiger charge is 2.22. The van der Waals surface area contributed by atoms with E-state index in [2.05, 4.69) is 16.6 Å². The molecule has 218 valence electrons. The molecule has 4 rings (SSSR count). The molecular weight excluding hydrogens is 577 g/mol. The third-order valence-corrected chi connectivity index (χ3v) is 9.95. The summed E-state index contributed by atoms with van der Waals surface area (Å²) in [5, 5.41) is 0. The molecule has 3 aromatic carbocycles.